The SMILES string of the molecule is Cc1cc(C)n(C(=O)c2cc(-c3cccc(OCC(C)C)c3)nc3ccccc23)n1. The number of ether oxygens (including phenoxy) is 1. The molecule has 0 aliphatic rings. The Hall–Kier alpha value is -3.47. The molecule has 0 atom stereocenters. The lowest BCUT2D eigenvalue weighted by molar-refractivity contribution is 0.0944. The molecule has 0 fully saturated rings. The molecule has 2 heterocycles. The van der Waals surface area contributed by atoms with Crippen molar-refractivity contribution in [1.82, 2.24) is 14.8 Å². The number of para-hydroxylation sites is 1. The lowest BCUT2D eigenvalue weighted by Crippen LogP contribution is -2.16. The zero-order valence-electron chi connectivity index (χ0n) is 17.7. The summed E-state index contributed by atoms with van der Waals surface area (Å²) in [6, 6.07) is 19.3. The molecule has 0 radical (unpaired) electrons. The summed E-state index contributed by atoms with van der Waals surface area (Å²) in [5, 5.41) is 5.19. The van der Waals surface area contributed by atoms with Crippen molar-refractivity contribution in [3.63, 3.8) is 0 Å². The Labute approximate surface area is 176 Å². The van der Waals surface area contributed by atoms with E-state index in [1.807, 2.05) is 74.5 Å². The molecule has 0 bridgehead atoms. The van der Waals surface area contributed by atoms with Crippen LogP contribution in [0.2, 0.25) is 0 Å². The zero-order valence-corrected chi connectivity index (χ0v) is 17.7. The average Bonchev–Trinajstić information content (AvgIpc) is 3.09. The van der Waals surface area contributed by atoms with Crippen molar-refractivity contribution < 1.29 is 9.53 Å². The summed E-state index contributed by atoms with van der Waals surface area (Å²) in [6.07, 6.45) is 0. The molecule has 5 nitrogen and oxygen atoms in total. The minimum atomic E-state index is -0.160. The first-order valence-corrected chi connectivity index (χ1v) is 10.1. The third-order valence-electron chi connectivity index (χ3n) is 4.86. The first kappa shape index (κ1) is 19.8. The highest BCUT2D eigenvalue weighted by Gasteiger charge is 2.18. The van der Waals surface area contributed by atoms with Crippen LogP contribution in [0.25, 0.3) is 22.2 Å². The lowest BCUT2D eigenvalue weighted by atomic mass is 10.0. The highest BCUT2D eigenvalue weighted by molar-refractivity contribution is 6.08. The fourth-order valence-corrected chi connectivity index (χ4v) is 3.46. The van der Waals surface area contributed by atoms with Crippen molar-refractivity contribution in [1.29, 1.82) is 0 Å². The van der Waals surface area contributed by atoms with Crippen LogP contribution < -0.4 is 4.74 Å². The minimum absolute atomic E-state index is 0.160. The highest BCUT2D eigenvalue weighted by atomic mass is 16.5. The molecule has 0 saturated carbocycles. The van der Waals surface area contributed by atoms with Gasteiger partial charge in [0.2, 0.25) is 0 Å². The zero-order chi connectivity index (χ0) is 21.3. The Morgan fingerprint density at radius 2 is 1.83 bits per heavy atom. The number of hydrogen-bond donors (Lipinski definition) is 0. The van der Waals surface area contributed by atoms with E-state index in [-0.39, 0.29) is 5.91 Å². The fraction of sp³-hybridized carbons (Fsp3) is 0.240. The van der Waals surface area contributed by atoms with Gasteiger partial charge in [-0.25, -0.2) is 9.67 Å². The van der Waals surface area contributed by atoms with Crippen LogP contribution in [0.4, 0.5) is 0 Å². The van der Waals surface area contributed by atoms with Crippen LogP contribution in [0.15, 0.2) is 60.7 Å². The van der Waals surface area contributed by atoms with Crippen LogP contribution in [-0.4, -0.2) is 27.3 Å². The van der Waals surface area contributed by atoms with Crippen LogP contribution in [0.3, 0.4) is 0 Å². The number of aromatic nitrogens is 3. The van der Waals surface area contributed by atoms with E-state index in [4.69, 9.17) is 9.72 Å². The molecule has 2 aromatic heterocycles. The summed E-state index contributed by atoms with van der Waals surface area (Å²) in [6.45, 7) is 8.65. The topological polar surface area (TPSA) is 57.0 Å². The first-order chi connectivity index (χ1) is 14.4. The van der Waals surface area contributed by atoms with E-state index in [0.717, 1.165) is 39.3 Å². The van der Waals surface area contributed by atoms with Crippen molar-refractivity contribution in [3.8, 4) is 17.0 Å². The van der Waals surface area contributed by atoms with E-state index < -0.39 is 0 Å². The number of aryl methyl sites for hydroxylation is 2. The van der Waals surface area contributed by atoms with Crippen molar-refractivity contribution in [3.05, 3.63) is 77.6 Å². The molecule has 0 spiro atoms. The molecule has 5 heteroatoms. The van der Waals surface area contributed by atoms with Gasteiger partial charge in [-0.2, -0.15) is 5.10 Å². The van der Waals surface area contributed by atoms with Crippen LogP contribution in [0.1, 0.15) is 35.6 Å². The largest absolute Gasteiger partial charge is 0.493 e. The van der Waals surface area contributed by atoms with Crippen LogP contribution in [0.5, 0.6) is 5.75 Å². The maximum atomic E-state index is 13.4. The molecule has 30 heavy (non-hydrogen) atoms. The molecular formula is C25H25N3O2. The first-order valence-electron chi connectivity index (χ1n) is 10.1. The van der Waals surface area contributed by atoms with E-state index in [2.05, 4.69) is 18.9 Å². The van der Waals surface area contributed by atoms with Crippen LogP contribution >= 0.6 is 0 Å². The molecule has 4 aromatic rings. The second-order valence-corrected chi connectivity index (χ2v) is 7.95. The molecular weight excluding hydrogens is 374 g/mol. The van der Waals surface area contributed by atoms with Gasteiger partial charge in [-0.05, 0) is 50.1 Å². The van der Waals surface area contributed by atoms with Gasteiger partial charge in [0.15, 0.2) is 0 Å². The smallest absolute Gasteiger partial charge is 0.279 e. The second-order valence-electron chi connectivity index (χ2n) is 7.95. The van der Waals surface area contributed by atoms with Gasteiger partial charge >= 0.3 is 0 Å². The molecule has 2 aromatic carbocycles. The third kappa shape index (κ3) is 3.96. The van der Waals surface area contributed by atoms with E-state index in [9.17, 15) is 4.79 Å². The number of fused-ring (bicyclic) bond motifs is 1. The standard InChI is InChI=1S/C25H25N3O2/c1-16(2)15-30-20-9-7-8-19(13-20)24-14-22(21-10-5-6-11-23(21)26-24)25(29)28-18(4)12-17(3)27-28/h5-14,16H,15H2,1-4H3. The second kappa shape index (κ2) is 8.11. The molecule has 152 valence electrons. The molecule has 0 amide bonds. The van der Waals surface area contributed by atoms with Gasteiger partial charge in [0.25, 0.3) is 5.91 Å². The van der Waals surface area contributed by atoms with Gasteiger partial charge in [-0.3, -0.25) is 4.79 Å². The fourth-order valence-electron chi connectivity index (χ4n) is 3.46. The number of pyridine rings is 1. The molecule has 0 aliphatic heterocycles. The molecule has 0 N–H and O–H groups in total. The van der Waals surface area contributed by atoms with E-state index >= 15 is 0 Å². The summed E-state index contributed by atoms with van der Waals surface area (Å²) in [4.78, 5) is 18.2. The lowest BCUT2D eigenvalue weighted by Gasteiger charge is -2.12. The van der Waals surface area contributed by atoms with Crippen molar-refractivity contribution in [2.24, 2.45) is 5.92 Å². The van der Waals surface area contributed by atoms with Gasteiger partial charge in [0.1, 0.15) is 5.75 Å². The molecule has 0 aliphatic carbocycles. The normalized spacial score (nSPS) is 11.2. The monoisotopic (exact) mass is 399 g/mol. The minimum Gasteiger partial charge on any atom is -0.493 e. The third-order valence-corrected chi connectivity index (χ3v) is 4.86. The Morgan fingerprint density at radius 1 is 1.03 bits per heavy atom. The van der Waals surface area contributed by atoms with Gasteiger partial charge in [-0.15, -0.1) is 0 Å². The Bertz CT molecular complexity index is 1220. The van der Waals surface area contributed by atoms with Crippen molar-refractivity contribution >= 4 is 16.8 Å². The number of benzene rings is 2. The predicted molar refractivity (Wildman–Crippen MR) is 119 cm³/mol. The van der Waals surface area contributed by atoms with Gasteiger partial charge in [0.05, 0.1) is 29.1 Å². The maximum absolute atomic E-state index is 13.4. The number of carbonyl (C=O) groups excluding carboxylic acids is 1. The maximum Gasteiger partial charge on any atom is 0.279 e. The van der Waals surface area contributed by atoms with Gasteiger partial charge in [0, 0.05) is 16.6 Å². The van der Waals surface area contributed by atoms with Gasteiger partial charge < -0.3 is 4.74 Å². The highest BCUT2D eigenvalue weighted by Crippen LogP contribution is 2.28. The molecule has 4 rings (SSSR count). The average molecular weight is 399 g/mol. The Morgan fingerprint density at radius 3 is 2.57 bits per heavy atom. The number of carbonyl (C=O) groups is 1. The van der Waals surface area contributed by atoms with E-state index in [1.54, 1.807) is 0 Å². The number of hydrogen-bond acceptors (Lipinski definition) is 4. The molecule has 0 saturated heterocycles. The van der Waals surface area contributed by atoms with Crippen LogP contribution in [0, 0.1) is 19.8 Å². The molecule has 0 unspecified atom stereocenters. The van der Waals surface area contributed by atoms with Gasteiger partial charge in [-0.1, -0.05) is 44.2 Å². The summed E-state index contributed by atoms with van der Waals surface area (Å²) >= 11 is 0. The van der Waals surface area contributed by atoms with E-state index in [0.29, 0.717) is 18.1 Å². The quantitative estimate of drug-likeness (QED) is 0.448. The van der Waals surface area contributed by atoms with Crippen molar-refractivity contribution in [2.75, 3.05) is 6.61 Å². The summed E-state index contributed by atoms with van der Waals surface area (Å²) in [7, 11) is 0. The Balaban J connectivity index is 1.82. The summed E-state index contributed by atoms with van der Waals surface area (Å²) in [5.41, 5.74) is 4.61. The predicted octanol–water partition coefficient (Wildman–Crippen LogP) is 5.44. The summed E-state index contributed by atoms with van der Waals surface area (Å²) < 4.78 is 7.34. The van der Waals surface area contributed by atoms with Crippen molar-refractivity contribution in [2.45, 2.75) is 27.7 Å². The Kier molecular flexibility index (Phi) is 5.36. The van der Waals surface area contributed by atoms with Crippen LogP contribution in [-0.2, 0) is 0 Å². The number of nitrogens with zero attached hydrogens (tertiary/aromatic N) is 3. The number of rotatable bonds is 5. The summed E-state index contributed by atoms with van der Waals surface area (Å²) in [5.74, 6) is 1.08. The van der Waals surface area contributed by atoms with E-state index in [1.165, 1.54) is 4.68 Å².